The molecule has 0 unspecified atom stereocenters. The molecule has 4 aromatic heterocycles. The van der Waals surface area contributed by atoms with Crippen molar-refractivity contribution in [3.05, 3.63) is 53.6 Å². The second-order valence-electron chi connectivity index (χ2n) is 8.27. The number of hydrogen-bond donors (Lipinski definition) is 1. The lowest BCUT2D eigenvalue weighted by atomic mass is 9.63. The number of ketones is 1. The predicted octanol–water partition coefficient (Wildman–Crippen LogP) is 3.09. The van der Waals surface area contributed by atoms with Gasteiger partial charge < -0.3 is 9.88 Å². The van der Waals surface area contributed by atoms with E-state index in [-0.39, 0.29) is 5.41 Å². The first kappa shape index (κ1) is 17.6. The molecule has 5 heterocycles. The van der Waals surface area contributed by atoms with E-state index in [0.717, 1.165) is 59.7 Å². The zero-order chi connectivity index (χ0) is 20.3. The molecule has 150 valence electrons. The van der Waals surface area contributed by atoms with Crippen molar-refractivity contribution in [1.29, 1.82) is 0 Å². The number of nitrogens with zero attached hydrogens (tertiary/aromatic N) is 6. The summed E-state index contributed by atoms with van der Waals surface area (Å²) < 4.78 is 1.77. The van der Waals surface area contributed by atoms with Crippen molar-refractivity contribution in [3.8, 4) is 11.3 Å². The minimum Gasteiger partial charge on any atom is -0.355 e. The lowest BCUT2D eigenvalue weighted by molar-refractivity contribution is -0.134. The van der Waals surface area contributed by atoms with E-state index in [4.69, 9.17) is 16.6 Å². The van der Waals surface area contributed by atoms with Crippen LogP contribution in [0, 0.1) is 5.41 Å². The van der Waals surface area contributed by atoms with E-state index >= 15 is 0 Å². The average molecular weight is 420 g/mol. The summed E-state index contributed by atoms with van der Waals surface area (Å²) in [6, 6.07) is 9.77. The van der Waals surface area contributed by atoms with Gasteiger partial charge in [0.1, 0.15) is 28.1 Å². The van der Waals surface area contributed by atoms with Crippen LogP contribution in [0.5, 0.6) is 0 Å². The molecule has 0 amide bonds. The lowest BCUT2D eigenvalue weighted by Crippen LogP contribution is -2.63. The van der Waals surface area contributed by atoms with Crippen LogP contribution in [-0.2, 0) is 11.3 Å². The number of rotatable bonds is 4. The van der Waals surface area contributed by atoms with Crippen molar-refractivity contribution in [2.45, 2.75) is 19.4 Å². The number of H-pyrrole nitrogens is 1. The Kier molecular flexibility index (Phi) is 3.73. The maximum absolute atomic E-state index is 11.3. The molecular weight excluding hydrogens is 402 g/mol. The average Bonchev–Trinajstić information content (AvgIpc) is 3.32. The van der Waals surface area contributed by atoms with Gasteiger partial charge in [-0.3, -0.25) is 4.79 Å². The predicted molar refractivity (Wildman–Crippen MR) is 112 cm³/mol. The molecule has 2 fully saturated rings. The van der Waals surface area contributed by atoms with Crippen LogP contribution in [-0.4, -0.2) is 48.8 Å². The number of anilines is 1. The molecule has 1 saturated heterocycles. The molecule has 6 rings (SSSR count). The number of aromatic nitrogens is 6. The molecule has 0 atom stereocenters. The van der Waals surface area contributed by atoms with Crippen LogP contribution < -0.4 is 4.90 Å². The molecule has 4 aromatic rings. The van der Waals surface area contributed by atoms with Crippen molar-refractivity contribution < 1.29 is 4.79 Å². The van der Waals surface area contributed by atoms with Crippen molar-refractivity contribution in [3.63, 3.8) is 0 Å². The maximum Gasteiger partial charge on any atom is 0.139 e. The maximum atomic E-state index is 11.3. The summed E-state index contributed by atoms with van der Waals surface area (Å²) in [4.78, 5) is 25.7. The summed E-state index contributed by atoms with van der Waals surface area (Å²) >= 11 is 6.16. The highest BCUT2D eigenvalue weighted by molar-refractivity contribution is 6.30. The van der Waals surface area contributed by atoms with Gasteiger partial charge in [-0.1, -0.05) is 22.9 Å². The summed E-state index contributed by atoms with van der Waals surface area (Å²) in [6.45, 7) is 2.35. The van der Waals surface area contributed by atoms with Crippen LogP contribution in [0.3, 0.4) is 0 Å². The number of carbonyl (C=O) groups excluding carboxylic acids is 1. The van der Waals surface area contributed by atoms with Gasteiger partial charge in [0.25, 0.3) is 0 Å². The third-order valence-electron chi connectivity index (χ3n) is 5.95. The second kappa shape index (κ2) is 6.37. The monoisotopic (exact) mass is 419 g/mol. The second-order valence-corrected chi connectivity index (χ2v) is 8.66. The summed E-state index contributed by atoms with van der Waals surface area (Å²) in [6.07, 6.45) is 5.17. The quantitative estimate of drug-likeness (QED) is 0.511. The SMILES string of the molecule is O=C1CC2(C1)CN(c1cccc(Cn3cc(-c4cc(Cl)nc5[nH]ccc45)nn3)n1)C2. The van der Waals surface area contributed by atoms with Crippen molar-refractivity contribution in [1.82, 2.24) is 29.9 Å². The Morgan fingerprint density at radius 1 is 1.17 bits per heavy atom. The zero-order valence-electron chi connectivity index (χ0n) is 16.0. The number of halogens is 1. The third-order valence-corrected chi connectivity index (χ3v) is 6.14. The van der Waals surface area contributed by atoms with Crippen molar-refractivity contribution >= 4 is 34.2 Å². The Labute approximate surface area is 176 Å². The first-order valence-electron chi connectivity index (χ1n) is 9.84. The van der Waals surface area contributed by atoms with E-state index in [0.29, 0.717) is 17.5 Å². The van der Waals surface area contributed by atoms with Gasteiger partial charge in [-0.05, 0) is 24.3 Å². The highest BCUT2D eigenvalue weighted by Gasteiger charge is 2.52. The fourth-order valence-corrected chi connectivity index (χ4v) is 4.74. The standard InChI is InChI=1S/C21H18ClN7O/c22-18-6-16(15-4-5-23-20(15)25-18)17-10-29(27-26-17)9-13-2-1-3-19(24-13)28-11-21(12-28)7-14(30)8-21/h1-6,10H,7-9,11-12H2,(H,23,25). The number of Topliss-reactive ketones (excluding diaryl/α,β-unsaturated/α-hetero) is 1. The molecule has 2 aliphatic rings. The molecule has 0 aromatic carbocycles. The van der Waals surface area contributed by atoms with Gasteiger partial charge >= 0.3 is 0 Å². The molecule has 9 heteroatoms. The number of fused-ring (bicyclic) bond motifs is 1. The molecule has 0 radical (unpaired) electrons. The topological polar surface area (TPSA) is 92.6 Å². The first-order chi connectivity index (χ1) is 14.6. The number of aromatic amines is 1. The summed E-state index contributed by atoms with van der Waals surface area (Å²) in [5, 5.41) is 9.96. The Hall–Kier alpha value is -3.26. The third kappa shape index (κ3) is 2.87. The van der Waals surface area contributed by atoms with Gasteiger partial charge in [-0.2, -0.15) is 0 Å². The fraction of sp³-hybridized carbons (Fsp3) is 0.286. The molecule has 8 nitrogen and oxygen atoms in total. The van der Waals surface area contributed by atoms with Gasteiger partial charge in [-0.15, -0.1) is 5.10 Å². The van der Waals surface area contributed by atoms with E-state index in [9.17, 15) is 4.79 Å². The van der Waals surface area contributed by atoms with Crippen LogP contribution in [0.25, 0.3) is 22.3 Å². The van der Waals surface area contributed by atoms with Gasteiger partial charge in [0, 0.05) is 48.5 Å². The molecule has 30 heavy (non-hydrogen) atoms. The molecule has 1 saturated carbocycles. The van der Waals surface area contributed by atoms with Crippen LogP contribution in [0.1, 0.15) is 18.5 Å². The highest BCUT2D eigenvalue weighted by atomic mass is 35.5. The minimum atomic E-state index is 0.213. The van der Waals surface area contributed by atoms with Gasteiger partial charge in [0.05, 0.1) is 18.4 Å². The van der Waals surface area contributed by atoms with E-state index in [1.807, 2.05) is 36.7 Å². The Morgan fingerprint density at radius 3 is 2.87 bits per heavy atom. The first-order valence-corrected chi connectivity index (χ1v) is 10.2. The van der Waals surface area contributed by atoms with Gasteiger partial charge in [0.15, 0.2) is 0 Å². The Morgan fingerprint density at radius 2 is 2.03 bits per heavy atom. The number of carbonyl (C=O) groups is 1. The molecule has 0 bridgehead atoms. The molecule has 1 spiro atoms. The largest absolute Gasteiger partial charge is 0.355 e. The smallest absolute Gasteiger partial charge is 0.139 e. The lowest BCUT2D eigenvalue weighted by Gasteiger charge is -2.55. The Balaban J connectivity index is 1.21. The van der Waals surface area contributed by atoms with Crippen molar-refractivity contribution in [2.75, 3.05) is 18.0 Å². The molecule has 1 N–H and O–H groups in total. The number of pyridine rings is 2. The van der Waals surface area contributed by atoms with E-state index in [1.165, 1.54) is 0 Å². The summed E-state index contributed by atoms with van der Waals surface area (Å²) in [7, 11) is 0. The van der Waals surface area contributed by atoms with Crippen LogP contribution in [0.4, 0.5) is 5.82 Å². The van der Waals surface area contributed by atoms with Gasteiger partial charge in [0.2, 0.25) is 0 Å². The zero-order valence-corrected chi connectivity index (χ0v) is 16.8. The van der Waals surface area contributed by atoms with E-state index in [2.05, 4.69) is 25.2 Å². The van der Waals surface area contributed by atoms with E-state index in [1.54, 1.807) is 10.7 Å². The molecule has 1 aliphatic heterocycles. The van der Waals surface area contributed by atoms with Crippen molar-refractivity contribution in [2.24, 2.45) is 5.41 Å². The number of hydrogen-bond acceptors (Lipinski definition) is 6. The van der Waals surface area contributed by atoms with Crippen LogP contribution in [0.2, 0.25) is 5.15 Å². The fourth-order valence-electron chi connectivity index (χ4n) is 4.55. The number of nitrogens with one attached hydrogen (secondary N) is 1. The van der Waals surface area contributed by atoms with E-state index < -0.39 is 0 Å². The minimum absolute atomic E-state index is 0.213. The van der Waals surface area contributed by atoms with Crippen LogP contribution >= 0.6 is 11.6 Å². The highest BCUT2D eigenvalue weighted by Crippen LogP contribution is 2.47. The van der Waals surface area contributed by atoms with Gasteiger partial charge in [-0.25, -0.2) is 14.6 Å². The molecule has 1 aliphatic carbocycles. The Bertz CT molecular complexity index is 1280. The summed E-state index contributed by atoms with van der Waals surface area (Å²) in [5.74, 6) is 1.33. The van der Waals surface area contributed by atoms with Crippen LogP contribution in [0.15, 0.2) is 42.7 Å². The molecular formula is C21H18ClN7O. The summed E-state index contributed by atoms with van der Waals surface area (Å²) in [5.41, 5.74) is 3.47. The normalized spacial score (nSPS) is 17.4.